The summed E-state index contributed by atoms with van der Waals surface area (Å²) in [7, 11) is 0. The van der Waals surface area contributed by atoms with Gasteiger partial charge in [-0.2, -0.15) is 0 Å². The molecule has 0 saturated carbocycles. The Morgan fingerprint density at radius 3 is 2.88 bits per heavy atom. The zero-order chi connectivity index (χ0) is 17.4. The van der Waals surface area contributed by atoms with Gasteiger partial charge in [0.05, 0.1) is 12.6 Å². The number of benzene rings is 2. The Kier molecular flexibility index (Phi) is 3.92. The monoisotopic (exact) mass is 336 g/mol. The van der Waals surface area contributed by atoms with E-state index in [1.807, 2.05) is 48.2 Å². The zero-order valence-corrected chi connectivity index (χ0v) is 14.1. The van der Waals surface area contributed by atoms with Gasteiger partial charge < -0.3 is 15.0 Å². The van der Waals surface area contributed by atoms with Crippen molar-refractivity contribution < 1.29 is 14.3 Å². The van der Waals surface area contributed by atoms with Crippen LogP contribution in [0.4, 0.5) is 5.69 Å². The zero-order valence-electron chi connectivity index (χ0n) is 14.1. The van der Waals surface area contributed by atoms with Crippen molar-refractivity contribution in [2.75, 3.05) is 11.9 Å². The molecule has 0 spiro atoms. The molecule has 0 saturated heterocycles. The van der Waals surface area contributed by atoms with Crippen LogP contribution in [0.1, 0.15) is 34.8 Å². The van der Waals surface area contributed by atoms with Crippen LogP contribution < -0.4 is 10.1 Å². The Labute approximate surface area is 146 Å². The Hall–Kier alpha value is -2.82. The van der Waals surface area contributed by atoms with Crippen LogP contribution in [0.2, 0.25) is 0 Å². The van der Waals surface area contributed by atoms with Gasteiger partial charge in [0.1, 0.15) is 12.4 Å². The molecule has 2 aromatic carbocycles. The smallest absolute Gasteiger partial charge is 0.254 e. The summed E-state index contributed by atoms with van der Waals surface area (Å²) in [5, 5.41) is 2.85. The lowest BCUT2D eigenvalue weighted by Crippen LogP contribution is -2.40. The fourth-order valence-corrected chi connectivity index (χ4v) is 3.37. The van der Waals surface area contributed by atoms with Crippen LogP contribution in [0, 0.1) is 0 Å². The largest absolute Gasteiger partial charge is 0.491 e. The van der Waals surface area contributed by atoms with Gasteiger partial charge in [-0.3, -0.25) is 9.59 Å². The van der Waals surface area contributed by atoms with Gasteiger partial charge in [0.25, 0.3) is 5.91 Å². The lowest BCUT2D eigenvalue weighted by molar-refractivity contribution is -0.116. The lowest BCUT2D eigenvalue weighted by atomic mass is 9.99. The second-order valence-corrected chi connectivity index (χ2v) is 6.62. The highest BCUT2D eigenvalue weighted by Gasteiger charge is 2.27. The van der Waals surface area contributed by atoms with Gasteiger partial charge in [-0.05, 0) is 43.2 Å². The molecule has 2 aliphatic heterocycles. The quantitative estimate of drug-likeness (QED) is 0.871. The van der Waals surface area contributed by atoms with E-state index < -0.39 is 0 Å². The van der Waals surface area contributed by atoms with E-state index in [4.69, 9.17) is 4.74 Å². The highest BCUT2D eigenvalue weighted by molar-refractivity contribution is 5.98. The topological polar surface area (TPSA) is 58.6 Å². The van der Waals surface area contributed by atoms with Crippen molar-refractivity contribution in [2.45, 2.75) is 32.4 Å². The van der Waals surface area contributed by atoms with Crippen molar-refractivity contribution in [3.05, 3.63) is 59.2 Å². The van der Waals surface area contributed by atoms with Gasteiger partial charge in [-0.25, -0.2) is 0 Å². The molecule has 5 nitrogen and oxygen atoms in total. The first kappa shape index (κ1) is 15.7. The van der Waals surface area contributed by atoms with Crippen LogP contribution >= 0.6 is 0 Å². The van der Waals surface area contributed by atoms with E-state index >= 15 is 0 Å². The van der Waals surface area contributed by atoms with Gasteiger partial charge >= 0.3 is 0 Å². The first-order chi connectivity index (χ1) is 12.1. The van der Waals surface area contributed by atoms with Gasteiger partial charge in [0.2, 0.25) is 5.91 Å². The molecule has 1 atom stereocenters. The van der Waals surface area contributed by atoms with Crippen molar-refractivity contribution in [2.24, 2.45) is 0 Å². The molecule has 0 radical (unpaired) electrons. The summed E-state index contributed by atoms with van der Waals surface area (Å²) >= 11 is 0. The second kappa shape index (κ2) is 6.24. The molecule has 2 amide bonds. The number of para-hydroxylation sites is 1. The van der Waals surface area contributed by atoms with E-state index in [2.05, 4.69) is 5.32 Å². The standard InChI is InChI=1S/C20H20N2O3/c1-13-12-25-18-5-3-2-4-16(18)11-22(13)20(24)15-6-8-17-14(10-15)7-9-19(23)21-17/h2-6,8,10,13H,7,9,11-12H2,1H3,(H,21,23)/t13-/m0/s1. The lowest BCUT2D eigenvalue weighted by Gasteiger charge is -2.27. The van der Waals surface area contributed by atoms with E-state index in [1.165, 1.54) is 0 Å². The minimum absolute atomic E-state index is 0.00694. The molecular formula is C20H20N2O3. The van der Waals surface area contributed by atoms with E-state index in [9.17, 15) is 9.59 Å². The molecule has 1 N–H and O–H groups in total. The molecule has 25 heavy (non-hydrogen) atoms. The summed E-state index contributed by atoms with van der Waals surface area (Å²) in [4.78, 5) is 26.5. The summed E-state index contributed by atoms with van der Waals surface area (Å²) in [6.07, 6.45) is 1.13. The Bertz CT molecular complexity index is 847. The molecular weight excluding hydrogens is 316 g/mol. The highest BCUT2D eigenvalue weighted by Crippen LogP contribution is 2.28. The van der Waals surface area contributed by atoms with Crippen LogP contribution in [0.15, 0.2) is 42.5 Å². The number of carbonyl (C=O) groups excluding carboxylic acids is 2. The third-order valence-corrected chi connectivity index (χ3v) is 4.83. The molecule has 0 bridgehead atoms. The molecule has 0 aliphatic carbocycles. The SMILES string of the molecule is C[C@H]1COc2ccccc2CN1C(=O)c1ccc2c(c1)CCC(=O)N2. The van der Waals surface area contributed by atoms with Crippen LogP contribution in [0.3, 0.4) is 0 Å². The number of ether oxygens (including phenoxy) is 1. The van der Waals surface area contributed by atoms with Crippen molar-refractivity contribution >= 4 is 17.5 Å². The number of rotatable bonds is 1. The van der Waals surface area contributed by atoms with E-state index in [1.54, 1.807) is 6.07 Å². The third kappa shape index (κ3) is 2.97. The molecule has 4 rings (SSSR count). The molecule has 2 aliphatic rings. The summed E-state index contributed by atoms with van der Waals surface area (Å²) in [6.45, 7) is 3.01. The highest BCUT2D eigenvalue weighted by atomic mass is 16.5. The third-order valence-electron chi connectivity index (χ3n) is 4.83. The normalized spacial score (nSPS) is 19.2. The van der Waals surface area contributed by atoms with Crippen molar-refractivity contribution in [3.8, 4) is 5.75 Å². The number of carbonyl (C=O) groups is 2. The second-order valence-electron chi connectivity index (χ2n) is 6.62. The molecule has 0 fully saturated rings. The number of nitrogens with zero attached hydrogens (tertiary/aromatic N) is 1. The summed E-state index contributed by atoms with van der Waals surface area (Å²) < 4.78 is 5.84. The molecule has 0 aromatic heterocycles. The van der Waals surface area contributed by atoms with Crippen LogP contribution in [0.5, 0.6) is 5.75 Å². The van der Waals surface area contributed by atoms with Gasteiger partial charge in [-0.15, -0.1) is 0 Å². The minimum atomic E-state index is -0.0179. The first-order valence-corrected chi connectivity index (χ1v) is 8.56. The van der Waals surface area contributed by atoms with Gasteiger partial charge in [0, 0.05) is 23.2 Å². The number of hydrogen-bond donors (Lipinski definition) is 1. The predicted octanol–water partition coefficient (Wildman–Crippen LogP) is 2.99. The van der Waals surface area contributed by atoms with Crippen molar-refractivity contribution in [1.82, 2.24) is 4.90 Å². The minimum Gasteiger partial charge on any atom is -0.491 e. The van der Waals surface area contributed by atoms with E-state index in [-0.39, 0.29) is 17.9 Å². The number of hydrogen-bond acceptors (Lipinski definition) is 3. The van der Waals surface area contributed by atoms with Crippen molar-refractivity contribution in [3.63, 3.8) is 0 Å². The number of anilines is 1. The molecule has 2 heterocycles. The fourth-order valence-electron chi connectivity index (χ4n) is 3.37. The average molecular weight is 336 g/mol. The summed E-state index contributed by atoms with van der Waals surface area (Å²) in [6, 6.07) is 13.3. The average Bonchev–Trinajstić information content (AvgIpc) is 2.80. The maximum absolute atomic E-state index is 13.1. The number of fused-ring (bicyclic) bond motifs is 2. The van der Waals surface area contributed by atoms with E-state index in [0.717, 1.165) is 22.6 Å². The molecule has 5 heteroatoms. The van der Waals surface area contributed by atoms with Crippen LogP contribution in [-0.2, 0) is 17.8 Å². The Morgan fingerprint density at radius 1 is 1.16 bits per heavy atom. The van der Waals surface area contributed by atoms with Gasteiger partial charge in [-0.1, -0.05) is 18.2 Å². The fraction of sp³-hybridized carbons (Fsp3) is 0.300. The Balaban J connectivity index is 1.63. The van der Waals surface area contributed by atoms with Crippen LogP contribution in [0.25, 0.3) is 0 Å². The maximum atomic E-state index is 13.1. The number of nitrogens with one attached hydrogen (secondary N) is 1. The van der Waals surface area contributed by atoms with Gasteiger partial charge in [0.15, 0.2) is 0 Å². The summed E-state index contributed by atoms with van der Waals surface area (Å²) in [5.41, 5.74) is 3.50. The van der Waals surface area contributed by atoms with Crippen molar-refractivity contribution in [1.29, 1.82) is 0 Å². The molecule has 128 valence electrons. The summed E-state index contributed by atoms with van der Waals surface area (Å²) in [5.74, 6) is 0.867. The first-order valence-electron chi connectivity index (χ1n) is 8.56. The van der Waals surface area contributed by atoms with E-state index in [0.29, 0.717) is 31.6 Å². The number of aryl methyl sites for hydroxylation is 1. The molecule has 0 unspecified atom stereocenters. The molecule has 2 aromatic rings. The van der Waals surface area contributed by atoms with Crippen LogP contribution in [-0.4, -0.2) is 29.4 Å². The predicted molar refractivity (Wildman–Crippen MR) is 94.7 cm³/mol. The maximum Gasteiger partial charge on any atom is 0.254 e. The Morgan fingerprint density at radius 2 is 2.00 bits per heavy atom. The number of amides is 2.